The molecule has 0 radical (unpaired) electrons. The highest BCUT2D eigenvalue weighted by Crippen LogP contribution is 2.33. The molecule has 0 spiro atoms. The van der Waals surface area contributed by atoms with Crippen LogP contribution in [-0.4, -0.2) is 57.1 Å². The van der Waals surface area contributed by atoms with Crippen molar-refractivity contribution in [3.8, 4) is 5.82 Å². The fourth-order valence-corrected chi connectivity index (χ4v) is 2.34. The van der Waals surface area contributed by atoms with Crippen LogP contribution in [0.5, 0.6) is 0 Å². The first kappa shape index (κ1) is 16.2. The summed E-state index contributed by atoms with van der Waals surface area (Å²) < 4.78 is 46.0. The van der Waals surface area contributed by atoms with E-state index < -0.39 is 28.9 Å². The molecule has 1 aliphatic rings. The fraction of sp³-hybridized carbons (Fsp3) is 0.385. The van der Waals surface area contributed by atoms with E-state index in [1.54, 1.807) is 0 Å². The SMILES string of the molecule is O=C(c1cnn(-c2ccc(=O)[nH]n2)c1C(F)(F)F)N1CCOCC1. The molecule has 2 aromatic rings. The number of nitrogens with one attached hydrogen (secondary N) is 1. The number of aromatic amines is 1. The number of morpholine rings is 1. The van der Waals surface area contributed by atoms with Crippen molar-refractivity contribution in [1.82, 2.24) is 24.9 Å². The second-order valence-corrected chi connectivity index (χ2v) is 5.00. The van der Waals surface area contributed by atoms with E-state index in [1.165, 1.54) is 4.90 Å². The summed E-state index contributed by atoms with van der Waals surface area (Å²) in [7, 11) is 0. The molecular formula is C13H12F3N5O3. The van der Waals surface area contributed by atoms with Gasteiger partial charge in [0.05, 0.1) is 25.0 Å². The number of amides is 1. The standard InChI is InChI=1S/C13H12F3N5O3/c14-13(15,16)11-8(12(23)20-3-5-24-6-4-20)7-17-21(11)9-1-2-10(22)19-18-9/h1-2,7H,3-6H2,(H,19,22). The molecule has 3 heterocycles. The van der Waals surface area contributed by atoms with Crippen LogP contribution in [0.3, 0.4) is 0 Å². The van der Waals surface area contributed by atoms with Crippen LogP contribution in [0.1, 0.15) is 16.1 Å². The third kappa shape index (κ3) is 3.02. The molecule has 0 saturated carbocycles. The maximum absolute atomic E-state index is 13.5. The number of ether oxygens (including phenoxy) is 1. The Morgan fingerprint density at radius 3 is 2.54 bits per heavy atom. The number of halogens is 3. The van der Waals surface area contributed by atoms with Crippen molar-refractivity contribution in [2.45, 2.75) is 6.18 Å². The van der Waals surface area contributed by atoms with Crippen molar-refractivity contribution in [2.75, 3.05) is 26.3 Å². The molecule has 0 bridgehead atoms. The van der Waals surface area contributed by atoms with Gasteiger partial charge in [-0.15, -0.1) is 0 Å². The Balaban J connectivity index is 2.05. The second kappa shape index (κ2) is 6.07. The highest BCUT2D eigenvalue weighted by Gasteiger charge is 2.41. The normalized spacial score (nSPS) is 15.5. The molecule has 128 valence electrons. The van der Waals surface area contributed by atoms with Gasteiger partial charge in [0.25, 0.3) is 11.5 Å². The molecule has 1 amide bonds. The molecule has 1 fully saturated rings. The van der Waals surface area contributed by atoms with Crippen LogP contribution < -0.4 is 5.56 Å². The number of aromatic nitrogens is 4. The third-order valence-corrected chi connectivity index (χ3v) is 3.45. The first-order chi connectivity index (χ1) is 11.4. The van der Waals surface area contributed by atoms with Crippen molar-refractivity contribution in [1.29, 1.82) is 0 Å². The minimum absolute atomic E-state index is 0.207. The summed E-state index contributed by atoms with van der Waals surface area (Å²) >= 11 is 0. The van der Waals surface area contributed by atoms with Gasteiger partial charge in [-0.05, 0) is 6.07 Å². The van der Waals surface area contributed by atoms with Crippen molar-refractivity contribution in [3.05, 3.63) is 39.9 Å². The highest BCUT2D eigenvalue weighted by atomic mass is 19.4. The van der Waals surface area contributed by atoms with E-state index in [2.05, 4.69) is 10.2 Å². The number of hydrogen-bond donors (Lipinski definition) is 1. The first-order valence-corrected chi connectivity index (χ1v) is 6.96. The van der Waals surface area contributed by atoms with Gasteiger partial charge in [0.15, 0.2) is 11.5 Å². The summed E-state index contributed by atoms with van der Waals surface area (Å²) in [6.45, 7) is 0.946. The molecule has 3 rings (SSSR count). The minimum atomic E-state index is -4.83. The van der Waals surface area contributed by atoms with Crippen molar-refractivity contribution in [3.63, 3.8) is 0 Å². The molecule has 8 nitrogen and oxygen atoms in total. The lowest BCUT2D eigenvalue weighted by Gasteiger charge is -2.27. The van der Waals surface area contributed by atoms with Crippen LogP contribution in [0.2, 0.25) is 0 Å². The number of nitrogens with zero attached hydrogens (tertiary/aromatic N) is 4. The summed E-state index contributed by atoms with van der Waals surface area (Å²) in [4.78, 5) is 24.7. The largest absolute Gasteiger partial charge is 0.434 e. The van der Waals surface area contributed by atoms with Crippen LogP contribution >= 0.6 is 0 Å². The molecule has 0 unspecified atom stereocenters. The Hall–Kier alpha value is -2.69. The minimum Gasteiger partial charge on any atom is -0.378 e. The van der Waals surface area contributed by atoms with Gasteiger partial charge in [-0.1, -0.05) is 0 Å². The van der Waals surface area contributed by atoms with E-state index in [0.29, 0.717) is 4.68 Å². The Bertz CT molecular complexity index is 787. The van der Waals surface area contributed by atoms with E-state index in [-0.39, 0.29) is 32.1 Å². The first-order valence-electron chi connectivity index (χ1n) is 6.96. The fourth-order valence-electron chi connectivity index (χ4n) is 2.34. The van der Waals surface area contributed by atoms with Gasteiger partial charge in [-0.3, -0.25) is 9.59 Å². The zero-order valence-electron chi connectivity index (χ0n) is 12.2. The molecule has 1 saturated heterocycles. The van der Waals surface area contributed by atoms with Crippen LogP contribution in [0, 0.1) is 0 Å². The van der Waals surface area contributed by atoms with Crippen LogP contribution in [0.25, 0.3) is 5.82 Å². The molecule has 1 N–H and O–H groups in total. The average molecular weight is 343 g/mol. The number of hydrogen-bond acceptors (Lipinski definition) is 5. The van der Waals surface area contributed by atoms with E-state index in [1.807, 2.05) is 5.10 Å². The molecule has 1 aliphatic heterocycles. The van der Waals surface area contributed by atoms with Gasteiger partial charge >= 0.3 is 6.18 Å². The summed E-state index contributed by atoms with van der Waals surface area (Å²) in [6, 6.07) is 2.11. The zero-order chi connectivity index (χ0) is 17.3. The van der Waals surface area contributed by atoms with E-state index in [0.717, 1.165) is 18.3 Å². The number of alkyl halides is 3. The predicted molar refractivity (Wildman–Crippen MR) is 73.7 cm³/mol. The molecule has 24 heavy (non-hydrogen) atoms. The number of rotatable bonds is 2. The van der Waals surface area contributed by atoms with Gasteiger partial charge in [0.2, 0.25) is 0 Å². The quantitative estimate of drug-likeness (QED) is 0.854. The summed E-state index contributed by atoms with van der Waals surface area (Å²) in [5, 5.41) is 9.19. The van der Waals surface area contributed by atoms with Crippen LogP contribution in [-0.2, 0) is 10.9 Å². The van der Waals surface area contributed by atoms with E-state index in [9.17, 15) is 22.8 Å². The van der Waals surface area contributed by atoms with Gasteiger partial charge in [0, 0.05) is 19.2 Å². The molecular weight excluding hydrogens is 331 g/mol. The number of carbonyl (C=O) groups is 1. The van der Waals surface area contributed by atoms with E-state index >= 15 is 0 Å². The topological polar surface area (TPSA) is 93.1 Å². The smallest absolute Gasteiger partial charge is 0.378 e. The lowest BCUT2D eigenvalue weighted by atomic mass is 10.2. The second-order valence-electron chi connectivity index (χ2n) is 5.00. The van der Waals surface area contributed by atoms with Crippen LogP contribution in [0.4, 0.5) is 13.2 Å². The number of H-pyrrole nitrogens is 1. The monoisotopic (exact) mass is 343 g/mol. The van der Waals surface area contributed by atoms with Crippen molar-refractivity contribution >= 4 is 5.91 Å². The Morgan fingerprint density at radius 1 is 1.25 bits per heavy atom. The molecule has 11 heteroatoms. The summed E-state index contributed by atoms with van der Waals surface area (Å²) in [6.07, 6.45) is -3.97. The zero-order valence-corrected chi connectivity index (χ0v) is 12.2. The third-order valence-electron chi connectivity index (χ3n) is 3.45. The number of carbonyl (C=O) groups excluding carboxylic acids is 1. The van der Waals surface area contributed by atoms with Crippen molar-refractivity contribution in [2.24, 2.45) is 0 Å². The Morgan fingerprint density at radius 2 is 1.96 bits per heavy atom. The van der Waals surface area contributed by atoms with Gasteiger partial charge < -0.3 is 9.64 Å². The summed E-state index contributed by atoms with van der Waals surface area (Å²) in [5.74, 6) is -1.02. The van der Waals surface area contributed by atoms with Crippen molar-refractivity contribution < 1.29 is 22.7 Å². The molecule has 0 aromatic carbocycles. The van der Waals surface area contributed by atoms with Gasteiger partial charge in [0.1, 0.15) is 0 Å². The molecule has 0 atom stereocenters. The summed E-state index contributed by atoms with van der Waals surface area (Å²) in [5.41, 5.74) is -2.37. The average Bonchev–Trinajstić information content (AvgIpc) is 3.01. The predicted octanol–water partition coefficient (Wildman–Crippen LogP) is 0.447. The van der Waals surface area contributed by atoms with E-state index in [4.69, 9.17) is 4.74 Å². The van der Waals surface area contributed by atoms with Gasteiger partial charge in [-0.2, -0.15) is 23.4 Å². The maximum atomic E-state index is 13.5. The van der Waals surface area contributed by atoms with Gasteiger partial charge in [-0.25, -0.2) is 9.78 Å². The highest BCUT2D eigenvalue weighted by molar-refractivity contribution is 5.95. The maximum Gasteiger partial charge on any atom is 0.434 e. The Labute approximate surface area is 132 Å². The molecule has 0 aliphatic carbocycles. The molecule has 2 aromatic heterocycles. The van der Waals surface area contributed by atoms with Crippen LogP contribution in [0.15, 0.2) is 23.1 Å². The lowest BCUT2D eigenvalue weighted by molar-refractivity contribution is -0.143. The lowest BCUT2D eigenvalue weighted by Crippen LogP contribution is -2.41. The Kier molecular flexibility index (Phi) is 4.09.